The van der Waals surface area contributed by atoms with E-state index in [2.05, 4.69) is 15.3 Å². The first-order valence-corrected chi connectivity index (χ1v) is 8.11. The van der Waals surface area contributed by atoms with Crippen LogP contribution in [0, 0.1) is 21.9 Å². The van der Waals surface area contributed by atoms with Crippen LogP contribution in [-0.4, -0.2) is 27.7 Å². The van der Waals surface area contributed by atoms with E-state index < -0.39 is 0 Å². The van der Waals surface area contributed by atoms with Gasteiger partial charge in [0.15, 0.2) is 12.4 Å². The molecule has 0 radical (unpaired) electrons. The number of hydrogen-bond acceptors (Lipinski definition) is 5. The average molecular weight is 367 g/mol. The molecule has 1 heterocycles. The quantitative estimate of drug-likeness (QED) is 0.535. The maximum Gasteiger partial charge on any atom is 0.216 e. The molecule has 6 nitrogen and oxygen atoms in total. The molecule has 0 spiro atoms. The van der Waals surface area contributed by atoms with Crippen molar-refractivity contribution in [3.8, 4) is 11.8 Å². The molecule has 26 heavy (non-hydrogen) atoms. The Morgan fingerprint density at radius 2 is 1.96 bits per heavy atom. The zero-order valence-electron chi connectivity index (χ0n) is 13.6. The Morgan fingerprint density at radius 1 is 1.23 bits per heavy atom. The molecule has 0 atom stereocenters. The van der Waals surface area contributed by atoms with E-state index >= 15 is 0 Å². The maximum absolute atomic E-state index is 13.0. The molecular weight excluding hydrogens is 353 g/mol. The number of halogens is 1. The van der Waals surface area contributed by atoms with Crippen LogP contribution < -0.4 is 4.74 Å². The fourth-order valence-corrected chi connectivity index (χ4v) is 2.43. The van der Waals surface area contributed by atoms with Crippen molar-refractivity contribution in [2.24, 2.45) is 5.10 Å². The third-order valence-electron chi connectivity index (χ3n) is 3.50. The van der Waals surface area contributed by atoms with E-state index in [1.54, 1.807) is 30.5 Å². The predicted molar refractivity (Wildman–Crippen MR) is 97.2 cm³/mol. The molecule has 1 N–H and O–H groups in total. The topological polar surface area (TPSA) is 79.0 Å². The highest BCUT2D eigenvalue weighted by atomic mass is 32.1. The smallest absolute Gasteiger partial charge is 0.216 e. The van der Waals surface area contributed by atoms with Gasteiger partial charge in [-0.05, 0) is 59.7 Å². The minimum absolute atomic E-state index is 0.00433. The highest BCUT2D eigenvalue weighted by molar-refractivity contribution is 7.71. The number of nitriles is 1. The van der Waals surface area contributed by atoms with Gasteiger partial charge in [0.2, 0.25) is 4.77 Å². The van der Waals surface area contributed by atoms with Crippen LogP contribution in [-0.2, 0) is 6.42 Å². The van der Waals surface area contributed by atoms with Gasteiger partial charge in [-0.15, -0.1) is 0 Å². The minimum Gasteiger partial charge on any atom is -0.479 e. The van der Waals surface area contributed by atoms with Crippen molar-refractivity contribution < 1.29 is 9.13 Å². The summed E-state index contributed by atoms with van der Waals surface area (Å²) in [5.74, 6) is 0.945. The highest BCUT2D eigenvalue weighted by Crippen LogP contribution is 2.12. The maximum atomic E-state index is 13.0. The van der Waals surface area contributed by atoms with Gasteiger partial charge >= 0.3 is 0 Å². The monoisotopic (exact) mass is 367 g/mol. The molecule has 0 fully saturated rings. The molecule has 0 bridgehead atoms. The van der Waals surface area contributed by atoms with E-state index in [1.165, 1.54) is 16.8 Å². The van der Waals surface area contributed by atoms with Gasteiger partial charge in [-0.1, -0.05) is 12.1 Å². The summed E-state index contributed by atoms with van der Waals surface area (Å²) >= 11 is 5.21. The lowest BCUT2D eigenvalue weighted by molar-refractivity contribution is 0.368. The molecule has 0 saturated heterocycles. The van der Waals surface area contributed by atoms with E-state index in [0.717, 1.165) is 11.1 Å². The second-order valence-electron chi connectivity index (χ2n) is 5.32. The number of benzene rings is 2. The summed E-state index contributed by atoms with van der Waals surface area (Å²) in [5, 5.41) is 19.8. The number of nitrogens with one attached hydrogen (secondary N) is 1. The van der Waals surface area contributed by atoms with Crippen LogP contribution in [0.2, 0.25) is 0 Å². The summed E-state index contributed by atoms with van der Waals surface area (Å²) in [6, 6.07) is 15.3. The van der Waals surface area contributed by atoms with Gasteiger partial charge in [0.1, 0.15) is 17.6 Å². The molecule has 8 heteroatoms. The van der Waals surface area contributed by atoms with Crippen molar-refractivity contribution in [3.05, 3.63) is 76.1 Å². The number of ether oxygens (including phenoxy) is 1. The number of hydrogen-bond donors (Lipinski definition) is 1. The molecule has 0 saturated carbocycles. The number of aromatic amines is 1. The number of nitrogens with zero attached hydrogens (tertiary/aromatic N) is 4. The van der Waals surface area contributed by atoms with Crippen LogP contribution >= 0.6 is 12.2 Å². The first kappa shape index (κ1) is 17.5. The number of rotatable bonds is 6. The summed E-state index contributed by atoms with van der Waals surface area (Å²) < 4.78 is 20.1. The molecule has 0 unspecified atom stereocenters. The Labute approximate surface area is 154 Å². The summed E-state index contributed by atoms with van der Waals surface area (Å²) in [7, 11) is 0. The third kappa shape index (κ3) is 4.40. The van der Waals surface area contributed by atoms with Crippen LogP contribution in [0.15, 0.2) is 53.6 Å². The second-order valence-corrected chi connectivity index (χ2v) is 5.71. The van der Waals surface area contributed by atoms with Crippen molar-refractivity contribution >= 4 is 18.4 Å². The van der Waals surface area contributed by atoms with Gasteiger partial charge in [0, 0.05) is 6.42 Å². The van der Waals surface area contributed by atoms with Crippen LogP contribution in [0.5, 0.6) is 5.75 Å². The van der Waals surface area contributed by atoms with Crippen molar-refractivity contribution in [3.63, 3.8) is 0 Å². The van der Waals surface area contributed by atoms with E-state index in [9.17, 15) is 4.39 Å². The van der Waals surface area contributed by atoms with Gasteiger partial charge in [-0.25, -0.2) is 4.39 Å². The lowest BCUT2D eigenvalue weighted by Gasteiger charge is -2.02. The normalized spacial score (nSPS) is 10.8. The fourth-order valence-electron chi connectivity index (χ4n) is 2.23. The Kier molecular flexibility index (Phi) is 5.51. The lowest BCUT2D eigenvalue weighted by atomic mass is 10.1. The standard InChI is InChI=1S/C18H14FN5OS/c19-15-5-1-13(2-6-15)11-17-22-23-18(26)24(17)21-12-14-3-7-16(8-4-14)25-10-9-20/h1-8,12H,10-11H2,(H,23,26)/b21-12-. The molecule has 0 aliphatic rings. The van der Waals surface area contributed by atoms with Gasteiger partial charge in [0.05, 0.1) is 6.21 Å². The van der Waals surface area contributed by atoms with Crippen molar-refractivity contribution in [2.45, 2.75) is 6.42 Å². The average Bonchev–Trinajstić information content (AvgIpc) is 3.00. The van der Waals surface area contributed by atoms with E-state index in [4.69, 9.17) is 22.2 Å². The summed E-state index contributed by atoms with van der Waals surface area (Å²) in [4.78, 5) is 0. The first-order valence-electron chi connectivity index (χ1n) is 7.70. The summed E-state index contributed by atoms with van der Waals surface area (Å²) in [6.07, 6.45) is 2.11. The molecule has 3 aromatic rings. The van der Waals surface area contributed by atoms with Crippen molar-refractivity contribution in [1.82, 2.24) is 14.9 Å². The molecule has 0 aliphatic heterocycles. The SMILES string of the molecule is N#CCOc1ccc(/C=N\n2c(Cc3ccc(F)cc3)n[nH]c2=S)cc1. The third-order valence-corrected chi connectivity index (χ3v) is 3.76. The molecule has 2 aromatic carbocycles. The molecule has 1 aromatic heterocycles. The van der Waals surface area contributed by atoms with Gasteiger partial charge in [0.25, 0.3) is 0 Å². The van der Waals surface area contributed by atoms with E-state index in [0.29, 0.717) is 22.8 Å². The zero-order valence-corrected chi connectivity index (χ0v) is 14.4. The van der Waals surface area contributed by atoms with Crippen molar-refractivity contribution in [1.29, 1.82) is 5.26 Å². The Balaban J connectivity index is 1.76. The highest BCUT2D eigenvalue weighted by Gasteiger charge is 2.06. The fraction of sp³-hybridized carbons (Fsp3) is 0.111. The predicted octanol–water partition coefficient (Wildman–Crippen LogP) is 3.46. The molecular formula is C18H14FN5OS. The zero-order chi connectivity index (χ0) is 18.4. The van der Waals surface area contributed by atoms with E-state index in [-0.39, 0.29) is 12.4 Å². The summed E-state index contributed by atoms with van der Waals surface area (Å²) in [6.45, 7) is 0.00433. The van der Waals surface area contributed by atoms with E-state index in [1.807, 2.05) is 18.2 Å². The number of H-pyrrole nitrogens is 1. The van der Waals surface area contributed by atoms with Gasteiger partial charge in [-0.3, -0.25) is 5.10 Å². The number of aromatic nitrogens is 3. The lowest BCUT2D eigenvalue weighted by Crippen LogP contribution is -2.00. The molecule has 3 rings (SSSR count). The first-order chi connectivity index (χ1) is 12.7. The largest absolute Gasteiger partial charge is 0.479 e. The van der Waals surface area contributed by atoms with Gasteiger partial charge in [-0.2, -0.15) is 20.1 Å². The summed E-state index contributed by atoms with van der Waals surface area (Å²) in [5.41, 5.74) is 1.74. The van der Waals surface area contributed by atoms with Crippen molar-refractivity contribution in [2.75, 3.05) is 6.61 Å². The van der Waals surface area contributed by atoms with Crippen LogP contribution in [0.25, 0.3) is 0 Å². The second kappa shape index (κ2) is 8.18. The molecule has 0 amide bonds. The Hall–Kier alpha value is -3.31. The molecule has 0 aliphatic carbocycles. The van der Waals surface area contributed by atoms with Crippen LogP contribution in [0.4, 0.5) is 4.39 Å². The Bertz CT molecular complexity index is 1000. The van der Waals surface area contributed by atoms with Crippen LogP contribution in [0.3, 0.4) is 0 Å². The van der Waals surface area contributed by atoms with Gasteiger partial charge < -0.3 is 4.74 Å². The molecule has 130 valence electrons. The minimum atomic E-state index is -0.284. The Morgan fingerprint density at radius 3 is 2.65 bits per heavy atom. The van der Waals surface area contributed by atoms with Crippen LogP contribution in [0.1, 0.15) is 17.0 Å².